The van der Waals surface area contributed by atoms with E-state index in [9.17, 15) is 4.79 Å². The van der Waals surface area contributed by atoms with Gasteiger partial charge >= 0.3 is 0 Å². The minimum Gasteiger partial charge on any atom is -0.490 e. The van der Waals surface area contributed by atoms with Gasteiger partial charge in [-0.2, -0.15) is 0 Å². The molecule has 0 radical (unpaired) electrons. The van der Waals surface area contributed by atoms with E-state index in [0.717, 1.165) is 0 Å². The van der Waals surface area contributed by atoms with Crippen molar-refractivity contribution in [2.75, 3.05) is 13.2 Å². The van der Waals surface area contributed by atoms with Gasteiger partial charge in [-0.1, -0.05) is 29.8 Å². The monoisotopic (exact) mass is 328 g/mol. The van der Waals surface area contributed by atoms with Crippen LogP contribution in [0.1, 0.15) is 38.1 Å². The number of halogens is 1. The van der Waals surface area contributed by atoms with Crippen molar-refractivity contribution < 1.29 is 14.3 Å². The van der Waals surface area contributed by atoms with Gasteiger partial charge in [0.15, 0.2) is 17.3 Å². The van der Waals surface area contributed by atoms with Crippen LogP contribution in [0.2, 0.25) is 0 Å². The summed E-state index contributed by atoms with van der Waals surface area (Å²) in [6.45, 7) is 8.96. The Morgan fingerprint density at radius 3 is 2.26 bits per heavy atom. The lowest BCUT2D eigenvalue weighted by molar-refractivity contribution is 0.0977. The lowest BCUT2D eigenvalue weighted by atomic mass is 10.0. The van der Waals surface area contributed by atoms with E-state index in [1.54, 1.807) is 18.2 Å². The maximum Gasteiger partial charge on any atom is 0.176 e. The molecule has 0 aromatic heterocycles. The highest BCUT2D eigenvalue weighted by Gasteiger charge is 2.21. The van der Waals surface area contributed by atoms with E-state index in [0.29, 0.717) is 30.3 Å². The maximum absolute atomic E-state index is 12.3. The molecule has 0 spiro atoms. The van der Waals surface area contributed by atoms with E-state index < -0.39 is 0 Å². The molecule has 1 unspecified atom stereocenters. The number of rotatable bonds is 7. The fraction of sp³-hybridized carbons (Fsp3) is 0.533. The van der Waals surface area contributed by atoms with Crippen molar-refractivity contribution in [3.63, 3.8) is 0 Å². The number of hydrogen-bond donors (Lipinski definition) is 0. The Morgan fingerprint density at radius 1 is 1.16 bits per heavy atom. The average Bonchev–Trinajstić information content (AvgIpc) is 2.39. The minimum atomic E-state index is -0.181. The number of carbonyl (C=O) groups is 1. The van der Waals surface area contributed by atoms with Crippen molar-refractivity contribution in [3.05, 3.63) is 23.8 Å². The summed E-state index contributed by atoms with van der Waals surface area (Å²) in [5.41, 5.74) is 0.641. The van der Waals surface area contributed by atoms with Crippen LogP contribution in [0.25, 0.3) is 0 Å². The summed E-state index contributed by atoms with van der Waals surface area (Å²) >= 11 is 3.44. The fourth-order valence-electron chi connectivity index (χ4n) is 1.67. The average molecular weight is 329 g/mol. The first-order valence-electron chi connectivity index (χ1n) is 6.59. The molecule has 19 heavy (non-hydrogen) atoms. The number of Topliss-reactive ketones (excluding diaryl/α,β-unsaturated/α-hetero) is 1. The molecule has 0 bridgehead atoms. The molecule has 0 aliphatic rings. The predicted molar refractivity (Wildman–Crippen MR) is 80.7 cm³/mol. The molecular formula is C15H21BrO3. The Bertz CT molecular complexity index is 429. The van der Waals surface area contributed by atoms with Crippen molar-refractivity contribution in [1.82, 2.24) is 0 Å². The smallest absolute Gasteiger partial charge is 0.176 e. The zero-order valence-electron chi connectivity index (χ0n) is 11.9. The molecule has 3 nitrogen and oxygen atoms in total. The summed E-state index contributed by atoms with van der Waals surface area (Å²) in [5, 5.41) is 0. The van der Waals surface area contributed by atoms with Gasteiger partial charge in [0.2, 0.25) is 0 Å². The van der Waals surface area contributed by atoms with Crippen LogP contribution < -0.4 is 9.47 Å². The number of alkyl halides is 1. The zero-order chi connectivity index (χ0) is 14.4. The summed E-state index contributed by atoms with van der Waals surface area (Å²) in [5.74, 6) is 1.61. The van der Waals surface area contributed by atoms with E-state index >= 15 is 0 Å². The van der Waals surface area contributed by atoms with Gasteiger partial charge in [-0.3, -0.25) is 4.79 Å². The minimum absolute atomic E-state index is 0.0685. The highest BCUT2D eigenvalue weighted by molar-refractivity contribution is 9.10. The van der Waals surface area contributed by atoms with E-state index in [1.165, 1.54) is 0 Å². The molecular weight excluding hydrogens is 308 g/mol. The van der Waals surface area contributed by atoms with Crippen molar-refractivity contribution >= 4 is 21.7 Å². The van der Waals surface area contributed by atoms with Crippen molar-refractivity contribution in [2.24, 2.45) is 5.92 Å². The number of carbonyl (C=O) groups excluding carboxylic acids is 1. The van der Waals surface area contributed by atoms with Crippen LogP contribution in [-0.4, -0.2) is 23.8 Å². The zero-order valence-corrected chi connectivity index (χ0v) is 13.5. The molecule has 1 aromatic carbocycles. The highest BCUT2D eigenvalue weighted by atomic mass is 79.9. The molecule has 1 atom stereocenters. The third-order valence-corrected chi connectivity index (χ3v) is 4.14. The van der Waals surface area contributed by atoms with Crippen molar-refractivity contribution in [3.8, 4) is 11.5 Å². The molecule has 1 aromatic rings. The second-order valence-electron chi connectivity index (χ2n) is 4.54. The SMILES string of the molecule is CCOc1ccc(C(=O)C(Br)C(C)C)cc1OCC. The highest BCUT2D eigenvalue weighted by Crippen LogP contribution is 2.30. The van der Waals surface area contributed by atoms with Gasteiger partial charge in [-0.15, -0.1) is 0 Å². The molecule has 0 heterocycles. The van der Waals surface area contributed by atoms with Crippen LogP contribution in [0.5, 0.6) is 11.5 Å². The molecule has 0 saturated heterocycles. The molecule has 0 N–H and O–H groups in total. The molecule has 0 amide bonds. The number of ether oxygens (including phenoxy) is 2. The topological polar surface area (TPSA) is 35.5 Å². The standard InChI is InChI=1S/C15H21BrO3/c1-5-18-12-8-7-11(9-13(12)19-6-2)15(17)14(16)10(3)4/h7-10,14H,5-6H2,1-4H3. The Balaban J connectivity index is 3.03. The van der Waals surface area contributed by atoms with Crippen LogP contribution >= 0.6 is 15.9 Å². The Hall–Kier alpha value is -1.03. The molecule has 0 fully saturated rings. The van der Waals surface area contributed by atoms with Gasteiger partial charge in [0.05, 0.1) is 18.0 Å². The summed E-state index contributed by atoms with van der Waals surface area (Å²) in [6.07, 6.45) is 0. The quantitative estimate of drug-likeness (QED) is 0.558. The van der Waals surface area contributed by atoms with E-state index in [-0.39, 0.29) is 16.5 Å². The second kappa shape index (κ2) is 7.53. The summed E-state index contributed by atoms with van der Waals surface area (Å²) in [4.78, 5) is 12.1. The maximum atomic E-state index is 12.3. The van der Waals surface area contributed by atoms with E-state index in [1.807, 2.05) is 27.7 Å². The summed E-state index contributed by atoms with van der Waals surface area (Å²) in [6, 6.07) is 5.34. The van der Waals surface area contributed by atoms with Crippen molar-refractivity contribution in [1.29, 1.82) is 0 Å². The lowest BCUT2D eigenvalue weighted by Gasteiger charge is -2.15. The third kappa shape index (κ3) is 4.23. The molecule has 1 rings (SSSR count). The first kappa shape index (κ1) is 16.0. The third-order valence-electron chi connectivity index (χ3n) is 2.66. The summed E-state index contributed by atoms with van der Waals surface area (Å²) < 4.78 is 11.0. The Labute approximate surface area is 123 Å². The van der Waals surface area contributed by atoms with Gasteiger partial charge in [-0.25, -0.2) is 0 Å². The Morgan fingerprint density at radius 2 is 1.74 bits per heavy atom. The van der Waals surface area contributed by atoms with Crippen molar-refractivity contribution in [2.45, 2.75) is 32.5 Å². The first-order valence-corrected chi connectivity index (χ1v) is 7.50. The van der Waals surface area contributed by atoms with Gasteiger partial charge < -0.3 is 9.47 Å². The largest absolute Gasteiger partial charge is 0.490 e. The van der Waals surface area contributed by atoms with Gasteiger partial charge in [0.25, 0.3) is 0 Å². The van der Waals surface area contributed by atoms with Gasteiger partial charge in [0.1, 0.15) is 0 Å². The van der Waals surface area contributed by atoms with Gasteiger partial charge in [-0.05, 0) is 38.0 Å². The van der Waals surface area contributed by atoms with Crippen LogP contribution in [-0.2, 0) is 0 Å². The van der Waals surface area contributed by atoms with Crippen LogP contribution in [0.15, 0.2) is 18.2 Å². The van der Waals surface area contributed by atoms with E-state index in [2.05, 4.69) is 15.9 Å². The number of hydrogen-bond acceptors (Lipinski definition) is 3. The number of ketones is 1. The second-order valence-corrected chi connectivity index (χ2v) is 5.52. The molecule has 0 saturated carbocycles. The molecule has 106 valence electrons. The first-order chi connectivity index (χ1) is 9.01. The predicted octanol–water partition coefficient (Wildman–Crippen LogP) is 4.09. The van der Waals surface area contributed by atoms with Crippen LogP contribution in [0.3, 0.4) is 0 Å². The Kier molecular flexibility index (Phi) is 6.35. The molecule has 0 aliphatic heterocycles. The molecule has 4 heteroatoms. The van der Waals surface area contributed by atoms with Gasteiger partial charge in [0, 0.05) is 5.56 Å². The summed E-state index contributed by atoms with van der Waals surface area (Å²) in [7, 11) is 0. The van der Waals surface area contributed by atoms with Crippen LogP contribution in [0.4, 0.5) is 0 Å². The molecule has 0 aliphatic carbocycles. The normalized spacial score (nSPS) is 12.3. The lowest BCUT2D eigenvalue weighted by Crippen LogP contribution is -2.20. The van der Waals surface area contributed by atoms with E-state index in [4.69, 9.17) is 9.47 Å². The fourth-order valence-corrected chi connectivity index (χ4v) is 1.93. The van der Waals surface area contributed by atoms with Crippen LogP contribution in [0, 0.1) is 5.92 Å². The number of benzene rings is 1.